The number of anilines is 3. The summed E-state index contributed by atoms with van der Waals surface area (Å²) in [6.45, 7) is 20.7. The van der Waals surface area contributed by atoms with Crippen LogP contribution in [0.5, 0.6) is 0 Å². The monoisotopic (exact) mass is 1830 g/mol. The first-order chi connectivity index (χ1) is 63.5. The van der Waals surface area contributed by atoms with E-state index < -0.39 is 96.1 Å². The van der Waals surface area contributed by atoms with E-state index in [2.05, 4.69) is 42.0 Å². The zero-order valence-electron chi connectivity index (χ0n) is 78.5. The standard InChI is InChI=1S/C98H135N15O19/c1-60-17-13-12-14-18-61(2)78(124-8)53-73-26-20-66(7)98(123,132-73)91(120)94(121)112-34-16-15-19-75(112)95(122)130-80(54-79(125-9)62(3)48-65(6)89(119)90(127-11)88(118)64(5)47-60)63(4)49-67-22-27-77(81(51-67)126-10)129-85(117)31-23-69-55-101-97(102-56-69)110-42-40-109(41-43-110)84(116)33-45-128-46-44-107-36-38-108(39-37-107)82(114)29-30-83(115)111-35-32-70-50-68(21-24-72(70)58-111)57-113-93-86(92(99)103-59-104-93)87(106-113)71-25-28-76-74(52-71)105-96(100)131-76/h12-14,17-18,21,24-25,28,48,50,52,55-56,59-60,62-64,66-67,73,75,77-81,89-90,119,123H,15-16,19-20,22-23,26-27,29-47,49,51,53-54,57-58H2,1-11H3,(H2,100,105)(H2,99,103,104)/b14-12+,17-13+,61-18+,65-48+/t60-,62-,63-,64-,66-,67+,73+,75+,77-,78+,79-,80+,81-,89-,90+,98-/m1/s1. The second-order valence-corrected chi connectivity index (χ2v) is 37.2. The molecule has 10 heterocycles. The van der Waals surface area contributed by atoms with Crippen molar-refractivity contribution >= 4 is 87.0 Å². The van der Waals surface area contributed by atoms with Gasteiger partial charge in [0.15, 0.2) is 17.0 Å². The number of ether oxygens (including phenoxy) is 8. The van der Waals surface area contributed by atoms with Crippen LogP contribution >= 0.6 is 0 Å². The number of cyclic esters (lactones) is 1. The number of hydrogen-bond acceptors (Lipinski definition) is 29. The first kappa shape index (κ1) is 99.2. The van der Waals surface area contributed by atoms with Crippen LogP contribution < -0.4 is 16.4 Å². The van der Waals surface area contributed by atoms with Crippen molar-refractivity contribution in [2.24, 2.45) is 35.5 Å². The molecule has 132 heavy (non-hydrogen) atoms. The Bertz CT molecular complexity index is 5120. The Morgan fingerprint density at radius 2 is 1.42 bits per heavy atom. The molecule has 7 aliphatic rings. The maximum atomic E-state index is 15.0. The number of oxazole rings is 1. The van der Waals surface area contributed by atoms with Gasteiger partial charge in [0.1, 0.15) is 53.8 Å². The molecule has 2 aromatic carbocycles. The number of benzene rings is 2. The Morgan fingerprint density at radius 3 is 2.16 bits per heavy atom. The molecule has 16 atom stereocenters. The number of hydrogen-bond donors (Lipinski definition) is 4. The molecule has 34 heteroatoms. The minimum Gasteiger partial charge on any atom is -0.460 e. The molecule has 0 spiro atoms. The van der Waals surface area contributed by atoms with Crippen LogP contribution in [-0.4, -0.2) is 291 Å². The summed E-state index contributed by atoms with van der Waals surface area (Å²) in [6.07, 6.45) is 17.6. The van der Waals surface area contributed by atoms with Crippen molar-refractivity contribution in [3.63, 3.8) is 0 Å². The van der Waals surface area contributed by atoms with Crippen LogP contribution in [0, 0.1) is 35.5 Å². The zero-order chi connectivity index (χ0) is 94.0. The number of aromatic nitrogens is 7. The summed E-state index contributed by atoms with van der Waals surface area (Å²) in [5.41, 5.74) is 20.7. The number of aliphatic hydroxyl groups is 2. The summed E-state index contributed by atoms with van der Waals surface area (Å²) in [7, 11) is 6.17. The van der Waals surface area contributed by atoms with Crippen molar-refractivity contribution < 1.29 is 90.9 Å². The van der Waals surface area contributed by atoms with Crippen molar-refractivity contribution in [1.82, 2.24) is 59.2 Å². The minimum absolute atomic E-state index is 0.00369. The molecule has 6 aromatic rings. The molecular formula is C98H135N15O19. The van der Waals surface area contributed by atoms with Crippen molar-refractivity contribution in [2.45, 2.75) is 238 Å². The summed E-state index contributed by atoms with van der Waals surface area (Å²) in [5.74, 6) is -7.00. The van der Waals surface area contributed by atoms with E-state index in [-0.39, 0.29) is 105 Å². The lowest BCUT2D eigenvalue weighted by Gasteiger charge is -2.43. The lowest BCUT2D eigenvalue weighted by Crippen LogP contribution is -2.61. The van der Waals surface area contributed by atoms with E-state index in [4.69, 9.17) is 58.9 Å². The average molecular weight is 1830 g/mol. The lowest BCUT2D eigenvalue weighted by atomic mass is 9.78. The Kier molecular flexibility index (Phi) is 34.6. The Balaban J connectivity index is 0.525. The molecular weight excluding hydrogens is 1690 g/mol. The number of nitrogens with two attached hydrogens (primary N) is 2. The first-order valence-corrected chi connectivity index (χ1v) is 47.1. The Labute approximate surface area is 772 Å². The number of allylic oxidation sites excluding steroid dienone is 5. The predicted molar refractivity (Wildman–Crippen MR) is 493 cm³/mol. The fourth-order valence-electron chi connectivity index (χ4n) is 19.8. The Morgan fingerprint density at radius 1 is 0.689 bits per heavy atom. The number of amides is 4. The molecule has 0 radical (unpaired) electrons. The SMILES string of the molecule is CO[C@H]1C[C@@H]2CC[C@@H](C)[C@@](O)(O2)C(=O)C(=O)N2CCCC[C@H]2C(=O)O[C@H]([C@H](C)C[C@@H]2CC[C@@H](OC(=O)CCc3cnc(N4CCN(C(=O)CCOCCN5CCN(C(=O)CCC(=O)N6CCc7cc(Cn8nc(-c9ccc%10oc(N)nc%10c9)c9c(N)ncnc98)ccc7C6)CC5)CC4)nc3)[C@H](OC)C2)C[C@@H](OC)[C@H](C)/C=C(\C)[C@@H](O)[C@@H](OC)C(=O)[C@H](C)C[C@H](C)/C=C/C=C/C=C/1C. The van der Waals surface area contributed by atoms with Gasteiger partial charge in [0.2, 0.25) is 29.5 Å². The van der Waals surface area contributed by atoms with Gasteiger partial charge in [-0.2, -0.15) is 10.1 Å². The number of aryl methyl sites for hydroxylation is 1. The number of esters is 2. The van der Waals surface area contributed by atoms with Gasteiger partial charge in [-0.25, -0.2) is 29.4 Å². The number of fused-ring (bicyclic) bond motifs is 6. The number of carbonyl (C=O) groups excluding carboxylic acids is 8. The van der Waals surface area contributed by atoms with Gasteiger partial charge in [-0.15, -0.1) is 0 Å². The number of rotatable bonds is 24. The van der Waals surface area contributed by atoms with Crippen molar-refractivity contribution in [3.05, 3.63) is 125 Å². The fraction of sp³-hybridized carbons (Fsp3) is 0.612. The van der Waals surface area contributed by atoms with E-state index in [0.29, 0.717) is 207 Å². The maximum Gasteiger partial charge on any atom is 0.329 e. The van der Waals surface area contributed by atoms with Gasteiger partial charge in [0.25, 0.3) is 17.7 Å². The van der Waals surface area contributed by atoms with Gasteiger partial charge in [0, 0.05) is 175 Å². The van der Waals surface area contributed by atoms with Crippen LogP contribution in [0.3, 0.4) is 0 Å². The van der Waals surface area contributed by atoms with Crippen LogP contribution in [-0.2, 0) is 102 Å². The largest absolute Gasteiger partial charge is 0.460 e. The van der Waals surface area contributed by atoms with E-state index in [1.807, 2.05) is 114 Å². The molecule has 1 aliphatic carbocycles. The molecule has 716 valence electrons. The van der Waals surface area contributed by atoms with Crippen LogP contribution in [0.2, 0.25) is 0 Å². The smallest absolute Gasteiger partial charge is 0.329 e. The molecule has 1 saturated carbocycles. The molecule has 34 nitrogen and oxygen atoms in total. The number of methoxy groups -OCH3 is 4. The van der Waals surface area contributed by atoms with Gasteiger partial charge in [-0.1, -0.05) is 89.3 Å². The summed E-state index contributed by atoms with van der Waals surface area (Å²) in [4.78, 5) is 146. The third-order valence-corrected chi connectivity index (χ3v) is 27.9. The van der Waals surface area contributed by atoms with E-state index >= 15 is 4.79 Å². The maximum absolute atomic E-state index is 15.0. The van der Waals surface area contributed by atoms with Gasteiger partial charge in [-0.05, 0) is 160 Å². The first-order valence-electron chi connectivity index (χ1n) is 47.1. The van der Waals surface area contributed by atoms with Crippen LogP contribution in [0.1, 0.15) is 173 Å². The van der Waals surface area contributed by atoms with Crippen LogP contribution in [0.4, 0.5) is 17.8 Å². The summed E-state index contributed by atoms with van der Waals surface area (Å²) < 4.78 is 56.2. The molecule has 6 aliphatic heterocycles. The highest BCUT2D eigenvalue weighted by molar-refractivity contribution is 6.39. The third kappa shape index (κ3) is 24.8. The molecule has 4 aromatic heterocycles. The predicted octanol–water partition coefficient (Wildman–Crippen LogP) is 9.33. The summed E-state index contributed by atoms with van der Waals surface area (Å²) >= 11 is 0. The lowest BCUT2D eigenvalue weighted by molar-refractivity contribution is -0.265. The van der Waals surface area contributed by atoms with E-state index in [1.165, 1.54) is 18.3 Å². The average Bonchev–Trinajstić information content (AvgIpc) is 1.60. The normalized spacial score (nSPS) is 28.5. The Hall–Kier alpha value is -10.3. The highest BCUT2D eigenvalue weighted by Gasteiger charge is 2.54. The fourth-order valence-corrected chi connectivity index (χ4v) is 19.8. The zero-order valence-corrected chi connectivity index (χ0v) is 78.5. The molecule has 4 saturated heterocycles. The number of nitrogen functional groups attached to an aromatic ring is 2. The number of piperazine rings is 2. The molecule has 0 unspecified atom stereocenters. The van der Waals surface area contributed by atoms with Crippen molar-refractivity contribution in [2.75, 3.05) is 130 Å². The molecule has 4 amide bonds. The summed E-state index contributed by atoms with van der Waals surface area (Å²) in [6, 6.07) is 10.7. The highest BCUT2D eigenvalue weighted by Crippen LogP contribution is 2.41. The van der Waals surface area contributed by atoms with Crippen molar-refractivity contribution in [1.29, 1.82) is 0 Å². The highest BCUT2D eigenvalue weighted by atomic mass is 16.6. The van der Waals surface area contributed by atoms with Gasteiger partial charge < -0.3 is 88.5 Å². The number of aliphatic hydroxyl groups excluding tert-OH is 1. The number of ketones is 2. The number of carbonyl (C=O) groups is 8. The molecule has 6 N–H and O–H groups in total. The van der Waals surface area contributed by atoms with Gasteiger partial charge >= 0.3 is 11.9 Å². The minimum atomic E-state index is -2.46. The van der Waals surface area contributed by atoms with Crippen molar-refractivity contribution in [3.8, 4) is 11.3 Å². The van der Waals surface area contributed by atoms with Gasteiger partial charge in [0.05, 0.1) is 56.0 Å². The summed E-state index contributed by atoms with van der Waals surface area (Å²) in [5, 5.41) is 29.7. The molecule has 5 fully saturated rings. The topological polar surface area (TPSA) is 418 Å². The number of Topliss-reactive ketones (excluding diaryl/α,β-unsaturated/α-hetero) is 2. The van der Waals surface area contributed by atoms with E-state index in [0.717, 1.165) is 33.4 Å². The molecule has 13 rings (SSSR count). The van der Waals surface area contributed by atoms with E-state index in [9.17, 15) is 43.8 Å². The van der Waals surface area contributed by atoms with Crippen LogP contribution in [0.25, 0.3) is 33.4 Å². The van der Waals surface area contributed by atoms with E-state index in [1.54, 1.807) is 53.6 Å². The number of piperidine rings is 1. The van der Waals surface area contributed by atoms with Crippen LogP contribution in [0.15, 0.2) is 107 Å². The number of nitrogens with zero attached hydrogens (tertiary/aromatic N) is 13. The second-order valence-electron chi connectivity index (χ2n) is 37.2. The van der Waals surface area contributed by atoms with Gasteiger partial charge in [-0.3, -0.25) is 38.5 Å². The quantitative estimate of drug-likeness (QED) is 0.0190. The second kappa shape index (κ2) is 46.1. The third-order valence-electron chi connectivity index (χ3n) is 27.9. The molecule has 2 bridgehead atoms.